The molecule has 0 aromatic carbocycles. The lowest BCUT2D eigenvalue weighted by Crippen LogP contribution is -2.48. The van der Waals surface area contributed by atoms with Crippen LogP contribution < -0.4 is 5.32 Å². The average molecular weight is 243 g/mol. The van der Waals surface area contributed by atoms with E-state index in [1.807, 2.05) is 0 Å². The van der Waals surface area contributed by atoms with Crippen LogP contribution in [0.15, 0.2) is 0 Å². The van der Waals surface area contributed by atoms with Crippen LogP contribution in [-0.4, -0.2) is 38.5 Å². The van der Waals surface area contributed by atoms with E-state index in [9.17, 15) is 0 Å². The molecule has 1 atom stereocenters. The van der Waals surface area contributed by atoms with Crippen LogP contribution in [-0.2, 0) is 9.47 Å². The molecule has 0 aliphatic heterocycles. The Morgan fingerprint density at radius 3 is 2.53 bits per heavy atom. The molecule has 0 amide bonds. The van der Waals surface area contributed by atoms with E-state index in [1.165, 1.54) is 25.7 Å². The minimum atomic E-state index is 0.0421. The van der Waals surface area contributed by atoms with E-state index in [0.717, 1.165) is 19.0 Å². The zero-order chi connectivity index (χ0) is 12.7. The molecule has 0 aromatic heterocycles. The van der Waals surface area contributed by atoms with E-state index in [-0.39, 0.29) is 11.7 Å². The first-order chi connectivity index (χ1) is 8.12. The Hall–Kier alpha value is -0.120. The summed E-state index contributed by atoms with van der Waals surface area (Å²) in [5, 5.41) is 3.46. The fourth-order valence-electron chi connectivity index (χ4n) is 2.67. The molecule has 0 radical (unpaired) electrons. The number of hydrogen-bond donors (Lipinski definition) is 1. The molecule has 3 nitrogen and oxygen atoms in total. The predicted molar refractivity (Wildman–Crippen MR) is 71.3 cm³/mol. The lowest BCUT2D eigenvalue weighted by molar-refractivity contribution is -0.127. The Labute approximate surface area is 106 Å². The van der Waals surface area contributed by atoms with Gasteiger partial charge in [-0.3, -0.25) is 0 Å². The molecular formula is C14H29NO2. The standard InChI is InChI=1S/C14H29NO2/c1-5-15-11-14(17-13(3)10-16-4)8-6-12(2)7-9-14/h12-13,15H,5-11H2,1-4H3. The summed E-state index contributed by atoms with van der Waals surface area (Å²) in [6.07, 6.45) is 5.10. The molecule has 0 aromatic rings. The largest absolute Gasteiger partial charge is 0.382 e. The molecule has 0 spiro atoms. The normalized spacial score (nSPS) is 31.4. The molecule has 1 N–H and O–H groups in total. The lowest BCUT2D eigenvalue weighted by atomic mass is 9.79. The molecule has 1 fully saturated rings. The summed E-state index contributed by atoms with van der Waals surface area (Å²) < 4.78 is 11.5. The van der Waals surface area contributed by atoms with Crippen molar-refractivity contribution in [1.29, 1.82) is 0 Å². The third kappa shape index (κ3) is 4.94. The van der Waals surface area contributed by atoms with Crippen LogP contribution in [0.2, 0.25) is 0 Å². The number of nitrogens with one attached hydrogen (secondary N) is 1. The Morgan fingerprint density at radius 2 is 2.00 bits per heavy atom. The van der Waals surface area contributed by atoms with Crippen molar-refractivity contribution < 1.29 is 9.47 Å². The van der Waals surface area contributed by atoms with Crippen molar-refractivity contribution in [3.05, 3.63) is 0 Å². The number of ether oxygens (including phenoxy) is 2. The van der Waals surface area contributed by atoms with Crippen molar-refractivity contribution in [3.8, 4) is 0 Å². The molecule has 3 heteroatoms. The third-order valence-corrected chi connectivity index (χ3v) is 3.74. The maximum Gasteiger partial charge on any atom is 0.0811 e. The molecule has 1 aliphatic rings. The van der Waals surface area contributed by atoms with Gasteiger partial charge >= 0.3 is 0 Å². The number of rotatable bonds is 7. The highest BCUT2D eigenvalue weighted by Gasteiger charge is 2.36. The molecule has 1 aliphatic carbocycles. The van der Waals surface area contributed by atoms with Gasteiger partial charge in [-0.25, -0.2) is 0 Å². The average Bonchev–Trinajstić information content (AvgIpc) is 2.31. The summed E-state index contributed by atoms with van der Waals surface area (Å²) in [6.45, 7) is 9.27. The Balaban J connectivity index is 2.52. The minimum absolute atomic E-state index is 0.0421. The first kappa shape index (κ1) is 14.9. The van der Waals surface area contributed by atoms with Gasteiger partial charge in [-0.1, -0.05) is 13.8 Å². The van der Waals surface area contributed by atoms with E-state index in [0.29, 0.717) is 6.61 Å². The second-order valence-electron chi connectivity index (χ2n) is 5.53. The van der Waals surface area contributed by atoms with Crippen molar-refractivity contribution in [2.45, 2.75) is 58.2 Å². The summed E-state index contributed by atoms with van der Waals surface area (Å²) in [4.78, 5) is 0. The monoisotopic (exact) mass is 243 g/mol. The highest BCUT2D eigenvalue weighted by Crippen LogP contribution is 2.35. The summed E-state index contributed by atoms with van der Waals surface area (Å²) in [5.74, 6) is 0.853. The van der Waals surface area contributed by atoms with Crippen molar-refractivity contribution in [1.82, 2.24) is 5.32 Å². The fourth-order valence-corrected chi connectivity index (χ4v) is 2.67. The van der Waals surface area contributed by atoms with Crippen molar-refractivity contribution in [2.75, 3.05) is 26.8 Å². The number of methoxy groups -OCH3 is 1. The van der Waals surface area contributed by atoms with Crippen LogP contribution >= 0.6 is 0 Å². The van der Waals surface area contributed by atoms with E-state index in [2.05, 4.69) is 26.1 Å². The molecule has 0 saturated heterocycles. The van der Waals surface area contributed by atoms with Crippen molar-refractivity contribution in [2.24, 2.45) is 5.92 Å². The first-order valence-corrected chi connectivity index (χ1v) is 6.99. The van der Waals surface area contributed by atoms with Crippen LogP contribution in [0.4, 0.5) is 0 Å². The molecule has 0 heterocycles. The summed E-state index contributed by atoms with van der Waals surface area (Å²) in [7, 11) is 1.74. The second-order valence-corrected chi connectivity index (χ2v) is 5.53. The first-order valence-electron chi connectivity index (χ1n) is 6.99. The van der Waals surface area contributed by atoms with Crippen LogP contribution in [0.1, 0.15) is 46.5 Å². The molecule has 1 saturated carbocycles. The van der Waals surface area contributed by atoms with Gasteiger partial charge in [-0.05, 0) is 45.1 Å². The summed E-state index contributed by atoms with van der Waals surface area (Å²) >= 11 is 0. The van der Waals surface area contributed by atoms with E-state index >= 15 is 0 Å². The van der Waals surface area contributed by atoms with Gasteiger partial charge in [0, 0.05) is 13.7 Å². The van der Waals surface area contributed by atoms with E-state index in [4.69, 9.17) is 9.47 Å². The maximum absolute atomic E-state index is 6.28. The quantitative estimate of drug-likeness (QED) is 0.745. The summed E-state index contributed by atoms with van der Waals surface area (Å²) in [5.41, 5.74) is 0.0421. The zero-order valence-corrected chi connectivity index (χ0v) is 11.9. The summed E-state index contributed by atoms with van der Waals surface area (Å²) in [6, 6.07) is 0. The zero-order valence-electron chi connectivity index (χ0n) is 11.9. The number of hydrogen-bond acceptors (Lipinski definition) is 3. The van der Waals surface area contributed by atoms with Gasteiger partial charge in [0.2, 0.25) is 0 Å². The van der Waals surface area contributed by atoms with Crippen LogP contribution in [0.25, 0.3) is 0 Å². The molecular weight excluding hydrogens is 214 g/mol. The smallest absolute Gasteiger partial charge is 0.0811 e. The highest BCUT2D eigenvalue weighted by atomic mass is 16.5. The minimum Gasteiger partial charge on any atom is -0.382 e. The van der Waals surface area contributed by atoms with Crippen molar-refractivity contribution in [3.63, 3.8) is 0 Å². The highest BCUT2D eigenvalue weighted by molar-refractivity contribution is 4.89. The Morgan fingerprint density at radius 1 is 1.35 bits per heavy atom. The Bertz CT molecular complexity index is 195. The van der Waals surface area contributed by atoms with Crippen LogP contribution in [0, 0.1) is 5.92 Å². The van der Waals surface area contributed by atoms with Gasteiger partial charge in [0.15, 0.2) is 0 Å². The second kappa shape index (κ2) is 7.34. The van der Waals surface area contributed by atoms with Crippen LogP contribution in [0.5, 0.6) is 0 Å². The SMILES string of the molecule is CCNCC1(OC(C)COC)CCC(C)CC1. The van der Waals surface area contributed by atoms with E-state index < -0.39 is 0 Å². The molecule has 102 valence electrons. The molecule has 17 heavy (non-hydrogen) atoms. The lowest BCUT2D eigenvalue weighted by Gasteiger charge is -2.41. The number of likely N-dealkylation sites (N-methyl/N-ethyl adjacent to an activating group) is 1. The van der Waals surface area contributed by atoms with Gasteiger partial charge < -0.3 is 14.8 Å². The van der Waals surface area contributed by atoms with Gasteiger partial charge in [0.05, 0.1) is 18.3 Å². The Kier molecular flexibility index (Phi) is 6.45. The molecule has 1 unspecified atom stereocenters. The van der Waals surface area contributed by atoms with Gasteiger partial charge in [-0.2, -0.15) is 0 Å². The van der Waals surface area contributed by atoms with E-state index in [1.54, 1.807) is 7.11 Å². The third-order valence-electron chi connectivity index (χ3n) is 3.74. The van der Waals surface area contributed by atoms with Gasteiger partial charge in [-0.15, -0.1) is 0 Å². The maximum atomic E-state index is 6.28. The molecule has 0 bridgehead atoms. The molecule has 1 rings (SSSR count). The van der Waals surface area contributed by atoms with Gasteiger partial charge in [0.1, 0.15) is 0 Å². The van der Waals surface area contributed by atoms with Gasteiger partial charge in [0.25, 0.3) is 0 Å². The predicted octanol–water partition coefficient (Wildman–Crippen LogP) is 2.60. The fraction of sp³-hybridized carbons (Fsp3) is 1.00. The topological polar surface area (TPSA) is 30.5 Å². The van der Waals surface area contributed by atoms with Crippen molar-refractivity contribution >= 4 is 0 Å². The van der Waals surface area contributed by atoms with Crippen LogP contribution in [0.3, 0.4) is 0 Å².